The van der Waals surface area contributed by atoms with Crippen molar-refractivity contribution in [1.29, 1.82) is 0 Å². The van der Waals surface area contributed by atoms with E-state index in [1.165, 1.54) is 27.2 Å². The van der Waals surface area contributed by atoms with Gasteiger partial charge in [0.1, 0.15) is 0 Å². The molecule has 1 N–H and O–H groups in total. The molecule has 0 saturated carbocycles. The molecule has 3 amide bonds. The number of benzene rings is 3. The predicted octanol–water partition coefficient (Wildman–Crippen LogP) is 4.86. The Labute approximate surface area is 239 Å². The minimum atomic E-state index is -0.432. The summed E-state index contributed by atoms with van der Waals surface area (Å²) in [5.41, 5.74) is 5.65. The molecule has 41 heavy (non-hydrogen) atoms. The number of carbonyl (C=O) groups excluding carboxylic acids is 4. The van der Waals surface area contributed by atoms with Gasteiger partial charge in [-0.05, 0) is 47.6 Å². The molecular weight excluding hydrogens is 516 g/mol. The highest BCUT2D eigenvalue weighted by atomic mass is 16.5. The molecule has 0 unspecified atom stereocenters. The van der Waals surface area contributed by atoms with Crippen LogP contribution in [-0.2, 0) is 23.9 Å². The zero-order chi connectivity index (χ0) is 28.5. The second-order valence-electron chi connectivity index (χ2n) is 11.3. The van der Waals surface area contributed by atoms with E-state index >= 15 is 0 Å². The highest BCUT2D eigenvalue weighted by molar-refractivity contribution is 6.07. The minimum absolute atomic E-state index is 0.0749. The van der Waals surface area contributed by atoms with Gasteiger partial charge in [-0.2, -0.15) is 0 Å². The molecule has 1 heterocycles. The van der Waals surface area contributed by atoms with Crippen LogP contribution in [0.25, 0.3) is 0 Å². The number of unbranched alkanes of at least 4 members (excludes halogenated alkanes) is 2. The minimum Gasteiger partial charge on any atom is -0.456 e. The van der Waals surface area contributed by atoms with Crippen molar-refractivity contribution in [3.05, 3.63) is 107 Å². The number of nitrogens with one attached hydrogen (secondary N) is 1. The van der Waals surface area contributed by atoms with E-state index in [4.69, 9.17) is 4.74 Å². The van der Waals surface area contributed by atoms with Crippen LogP contribution < -0.4 is 5.32 Å². The van der Waals surface area contributed by atoms with Gasteiger partial charge in [-0.1, -0.05) is 85.3 Å². The summed E-state index contributed by atoms with van der Waals surface area (Å²) in [6.07, 6.45) is 2.04. The van der Waals surface area contributed by atoms with Crippen molar-refractivity contribution in [2.24, 2.45) is 11.8 Å². The van der Waals surface area contributed by atoms with Gasteiger partial charge < -0.3 is 10.1 Å². The molecule has 1 fully saturated rings. The Morgan fingerprint density at radius 1 is 0.756 bits per heavy atom. The smallest absolute Gasteiger partial charge is 0.306 e. The fourth-order valence-electron chi connectivity index (χ4n) is 7.00. The fraction of sp³-hybridized carbons (Fsp3) is 0.353. The van der Waals surface area contributed by atoms with Crippen molar-refractivity contribution in [3.8, 4) is 0 Å². The highest BCUT2D eigenvalue weighted by Crippen LogP contribution is 2.60. The molecule has 7 heteroatoms. The first-order chi connectivity index (χ1) is 20.0. The summed E-state index contributed by atoms with van der Waals surface area (Å²) in [5, 5.41) is 2.83. The summed E-state index contributed by atoms with van der Waals surface area (Å²) >= 11 is 0. The lowest BCUT2D eigenvalue weighted by Crippen LogP contribution is -2.41. The molecule has 0 radical (unpaired) electrons. The number of likely N-dealkylation sites (tertiary alicyclic amines) is 1. The molecule has 3 atom stereocenters. The SMILES string of the molecule is C[C@@H](NC(=O)COC(=O)CCCCCN1C(=O)[C@@H]2C3c4ccccc4C(c4ccccc43)[C@@H]2C1=O)c1ccccc1. The van der Waals surface area contributed by atoms with Crippen LogP contribution in [-0.4, -0.2) is 41.7 Å². The Morgan fingerprint density at radius 2 is 1.27 bits per heavy atom. The van der Waals surface area contributed by atoms with Crippen molar-refractivity contribution >= 4 is 23.7 Å². The number of amides is 3. The molecule has 0 aromatic heterocycles. The van der Waals surface area contributed by atoms with Crippen LogP contribution in [0.3, 0.4) is 0 Å². The third kappa shape index (κ3) is 4.94. The van der Waals surface area contributed by atoms with Crippen molar-refractivity contribution in [3.63, 3.8) is 0 Å². The van der Waals surface area contributed by atoms with Crippen LogP contribution in [0.2, 0.25) is 0 Å². The average Bonchev–Trinajstić information content (AvgIpc) is 3.25. The van der Waals surface area contributed by atoms with Crippen LogP contribution in [0, 0.1) is 11.8 Å². The Bertz CT molecular complexity index is 1370. The number of hydrogen-bond donors (Lipinski definition) is 1. The van der Waals surface area contributed by atoms with E-state index in [0.717, 1.165) is 5.56 Å². The lowest BCUT2D eigenvalue weighted by Gasteiger charge is -2.45. The molecule has 4 aliphatic rings. The van der Waals surface area contributed by atoms with Gasteiger partial charge in [0.2, 0.25) is 11.8 Å². The van der Waals surface area contributed by atoms with Crippen LogP contribution in [0.15, 0.2) is 78.9 Å². The number of ether oxygens (including phenoxy) is 1. The van der Waals surface area contributed by atoms with Crippen LogP contribution >= 0.6 is 0 Å². The first-order valence-corrected chi connectivity index (χ1v) is 14.5. The Hall–Kier alpha value is -4.26. The molecule has 7 rings (SSSR count). The van der Waals surface area contributed by atoms with E-state index in [1.54, 1.807) is 0 Å². The number of rotatable bonds is 10. The molecule has 3 aromatic carbocycles. The van der Waals surface area contributed by atoms with E-state index in [2.05, 4.69) is 29.6 Å². The molecule has 210 valence electrons. The first-order valence-electron chi connectivity index (χ1n) is 14.5. The van der Waals surface area contributed by atoms with Crippen molar-refractivity contribution in [1.82, 2.24) is 10.2 Å². The Morgan fingerprint density at radius 3 is 1.80 bits per heavy atom. The van der Waals surface area contributed by atoms with Gasteiger partial charge in [0.15, 0.2) is 6.61 Å². The first kappa shape index (κ1) is 26.9. The number of hydrogen-bond acceptors (Lipinski definition) is 5. The number of nitrogens with zero attached hydrogens (tertiary/aromatic N) is 1. The quantitative estimate of drug-likeness (QED) is 0.221. The van der Waals surface area contributed by atoms with E-state index in [9.17, 15) is 19.2 Å². The summed E-state index contributed by atoms with van der Waals surface area (Å²) in [7, 11) is 0. The number of imide groups is 1. The zero-order valence-electron chi connectivity index (χ0n) is 23.1. The molecule has 2 bridgehead atoms. The summed E-state index contributed by atoms with van der Waals surface area (Å²) in [6.45, 7) is 1.91. The van der Waals surface area contributed by atoms with Gasteiger partial charge >= 0.3 is 5.97 Å². The van der Waals surface area contributed by atoms with Crippen LogP contribution in [0.1, 0.15) is 78.3 Å². The van der Waals surface area contributed by atoms with E-state index in [1.807, 2.05) is 61.5 Å². The maximum atomic E-state index is 13.6. The Balaban J connectivity index is 0.985. The second kappa shape index (κ2) is 11.3. The van der Waals surface area contributed by atoms with Crippen molar-refractivity contribution < 1.29 is 23.9 Å². The maximum absolute atomic E-state index is 13.6. The second-order valence-corrected chi connectivity index (χ2v) is 11.3. The number of esters is 1. The molecule has 1 aliphatic heterocycles. The van der Waals surface area contributed by atoms with Crippen LogP contribution in [0.5, 0.6) is 0 Å². The molecule has 7 nitrogen and oxygen atoms in total. The highest BCUT2D eigenvalue weighted by Gasteiger charge is 2.61. The number of carbonyl (C=O) groups is 4. The summed E-state index contributed by atoms with van der Waals surface area (Å²) < 4.78 is 5.14. The normalized spacial score (nSPS) is 22.5. The lowest BCUT2D eigenvalue weighted by molar-refractivity contribution is -0.148. The van der Waals surface area contributed by atoms with Gasteiger partial charge in [-0.25, -0.2) is 0 Å². The van der Waals surface area contributed by atoms with Gasteiger partial charge in [0.05, 0.1) is 17.9 Å². The molecule has 0 spiro atoms. The van der Waals surface area contributed by atoms with Gasteiger partial charge in [-0.3, -0.25) is 24.1 Å². The topological polar surface area (TPSA) is 92.8 Å². The average molecular weight is 551 g/mol. The van der Waals surface area contributed by atoms with E-state index < -0.39 is 5.97 Å². The summed E-state index contributed by atoms with van der Waals surface area (Å²) in [6, 6.07) is 25.9. The summed E-state index contributed by atoms with van der Waals surface area (Å²) in [5.74, 6) is -1.84. The van der Waals surface area contributed by atoms with E-state index in [-0.39, 0.29) is 60.5 Å². The zero-order valence-corrected chi connectivity index (χ0v) is 23.1. The van der Waals surface area contributed by atoms with Gasteiger partial charge in [0, 0.05) is 24.8 Å². The van der Waals surface area contributed by atoms with Gasteiger partial charge in [0.25, 0.3) is 5.91 Å². The fourth-order valence-corrected chi connectivity index (χ4v) is 7.00. The maximum Gasteiger partial charge on any atom is 0.306 e. The lowest BCUT2D eigenvalue weighted by atomic mass is 9.55. The van der Waals surface area contributed by atoms with Gasteiger partial charge in [-0.15, -0.1) is 0 Å². The van der Waals surface area contributed by atoms with Crippen molar-refractivity contribution in [2.75, 3.05) is 13.2 Å². The van der Waals surface area contributed by atoms with Crippen molar-refractivity contribution in [2.45, 2.75) is 50.5 Å². The third-order valence-corrected chi connectivity index (χ3v) is 8.84. The van der Waals surface area contributed by atoms with E-state index in [0.29, 0.717) is 25.8 Å². The standard InChI is InChI=1S/C34H34N2O5/c1-21(22-12-4-2-5-13-22)35-27(37)20-41-28(38)18-6-3-11-19-36-33(39)31-29-23-14-7-8-15-24(23)30(32(31)34(36)40)26-17-10-9-16-25(26)29/h2,4-5,7-10,12-17,21,29-32H,3,6,11,18-20H2,1H3,(H,35,37)/t21-,29?,30?,31-,32+/m1/s1. The molecule has 3 aliphatic carbocycles. The molecular formula is C34H34N2O5. The van der Waals surface area contributed by atoms with Crippen LogP contribution in [0.4, 0.5) is 0 Å². The third-order valence-electron chi connectivity index (χ3n) is 8.84. The predicted molar refractivity (Wildman–Crippen MR) is 153 cm³/mol. The largest absolute Gasteiger partial charge is 0.456 e. The molecule has 3 aromatic rings. The summed E-state index contributed by atoms with van der Waals surface area (Å²) in [4.78, 5) is 53.1. The Kier molecular flexibility index (Phi) is 7.43. The monoisotopic (exact) mass is 550 g/mol. The molecule has 1 saturated heterocycles.